The van der Waals surface area contributed by atoms with E-state index in [-0.39, 0.29) is 11.8 Å². The van der Waals surface area contributed by atoms with Crippen LogP contribution in [0, 0.1) is 5.92 Å². The molecule has 1 amide bonds. The van der Waals surface area contributed by atoms with Crippen molar-refractivity contribution in [3.63, 3.8) is 0 Å². The van der Waals surface area contributed by atoms with E-state index in [1.807, 2.05) is 25.3 Å². The number of hydrogen-bond donors (Lipinski definition) is 1. The van der Waals surface area contributed by atoms with Gasteiger partial charge in [-0.2, -0.15) is 0 Å². The number of nitrogens with zero attached hydrogens (tertiary/aromatic N) is 1. The normalized spacial score (nSPS) is 18.5. The smallest absolute Gasteiger partial charge is 0.331 e. The Labute approximate surface area is 117 Å². The first-order valence-corrected chi connectivity index (χ1v) is 7.57. The Kier molecular flexibility index (Phi) is 4.24. The van der Waals surface area contributed by atoms with Crippen LogP contribution in [0.15, 0.2) is 11.4 Å². The zero-order valence-corrected chi connectivity index (χ0v) is 12.1. The number of aliphatic carboxylic acids is 1. The van der Waals surface area contributed by atoms with Crippen LogP contribution in [0.4, 0.5) is 0 Å². The molecule has 4 nitrogen and oxygen atoms in total. The summed E-state index contributed by atoms with van der Waals surface area (Å²) >= 11 is 1.58. The van der Waals surface area contributed by atoms with Gasteiger partial charge < -0.3 is 10.0 Å². The molecule has 0 radical (unpaired) electrons. The summed E-state index contributed by atoms with van der Waals surface area (Å²) in [6, 6.07) is 1.04. The molecular formula is C14H19NO3S. The zero-order valence-electron chi connectivity index (χ0n) is 11.3. The number of fused-ring (bicyclic) bond motifs is 1. The van der Waals surface area contributed by atoms with Crippen molar-refractivity contribution in [2.75, 3.05) is 6.54 Å². The van der Waals surface area contributed by atoms with E-state index in [1.54, 1.807) is 16.2 Å². The molecule has 1 aliphatic heterocycles. The Bertz CT molecular complexity index is 479. The Balaban J connectivity index is 2.31. The second-order valence-electron chi connectivity index (χ2n) is 4.83. The minimum Gasteiger partial charge on any atom is -0.479 e. The third kappa shape index (κ3) is 2.52. The molecule has 0 saturated heterocycles. The van der Waals surface area contributed by atoms with Crippen LogP contribution >= 0.6 is 11.3 Å². The molecule has 1 aromatic heterocycles. The van der Waals surface area contributed by atoms with E-state index in [0.717, 1.165) is 29.7 Å². The number of amides is 1. The molecule has 2 heterocycles. The van der Waals surface area contributed by atoms with Gasteiger partial charge in [0.1, 0.15) is 0 Å². The average Bonchev–Trinajstić information content (AvgIpc) is 2.86. The zero-order chi connectivity index (χ0) is 14.0. The van der Waals surface area contributed by atoms with E-state index < -0.39 is 12.0 Å². The van der Waals surface area contributed by atoms with Crippen LogP contribution < -0.4 is 0 Å². The maximum absolute atomic E-state index is 12.5. The molecule has 1 atom stereocenters. The average molecular weight is 281 g/mol. The Morgan fingerprint density at radius 2 is 2.16 bits per heavy atom. The van der Waals surface area contributed by atoms with Crippen LogP contribution in [0.5, 0.6) is 0 Å². The number of carbonyl (C=O) groups is 2. The highest BCUT2D eigenvalue weighted by Gasteiger charge is 2.38. The van der Waals surface area contributed by atoms with E-state index in [2.05, 4.69) is 0 Å². The molecule has 19 heavy (non-hydrogen) atoms. The first kappa shape index (κ1) is 14.1. The molecule has 1 N–H and O–H groups in total. The molecule has 5 heteroatoms. The number of carboxylic acids is 1. The summed E-state index contributed by atoms with van der Waals surface area (Å²) in [4.78, 5) is 26.7. The van der Waals surface area contributed by atoms with E-state index in [1.165, 1.54) is 0 Å². The molecule has 104 valence electrons. The number of carbonyl (C=O) groups excluding carboxylic acids is 1. The van der Waals surface area contributed by atoms with Crippen LogP contribution in [-0.4, -0.2) is 28.4 Å². The quantitative estimate of drug-likeness (QED) is 0.923. The fourth-order valence-electron chi connectivity index (χ4n) is 2.69. The van der Waals surface area contributed by atoms with Crippen molar-refractivity contribution in [2.45, 2.75) is 39.2 Å². The van der Waals surface area contributed by atoms with Gasteiger partial charge in [0.15, 0.2) is 6.04 Å². The van der Waals surface area contributed by atoms with Gasteiger partial charge in [-0.25, -0.2) is 4.79 Å². The van der Waals surface area contributed by atoms with E-state index in [0.29, 0.717) is 6.54 Å². The van der Waals surface area contributed by atoms with Crippen molar-refractivity contribution in [3.8, 4) is 0 Å². The summed E-state index contributed by atoms with van der Waals surface area (Å²) in [6.07, 6.45) is 2.28. The Hall–Kier alpha value is -1.36. The molecule has 1 aliphatic rings. The van der Waals surface area contributed by atoms with Gasteiger partial charge in [0.25, 0.3) is 0 Å². The van der Waals surface area contributed by atoms with Crippen LogP contribution in [0.2, 0.25) is 0 Å². The minimum atomic E-state index is -0.932. The lowest BCUT2D eigenvalue weighted by atomic mass is 9.95. The van der Waals surface area contributed by atoms with Crippen LogP contribution in [-0.2, 0) is 16.0 Å². The van der Waals surface area contributed by atoms with Gasteiger partial charge in [0.05, 0.1) is 0 Å². The van der Waals surface area contributed by atoms with Crippen LogP contribution in [0.3, 0.4) is 0 Å². The number of rotatable bonds is 4. The fourth-order valence-corrected chi connectivity index (χ4v) is 3.60. The fraction of sp³-hybridized carbons (Fsp3) is 0.571. The van der Waals surface area contributed by atoms with Gasteiger partial charge in [-0.15, -0.1) is 11.3 Å². The molecule has 0 aliphatic carbocycles. The summed E-state index contributed by atoms with van der Waals surface area (Å²) in [7, 11) is 0. The van der Waals surface area contributed by atoms with E-state index >= 15 is 0 Å². The van der Waals surface area contributed by atoms with Gasteiger partial charge in [-0.3, -0.25) is 4.79 Å². The van der Waals surface area contributed by atoms with Crippen molar-refractivity contribution < 1.29 is 14.7 Å². The SMILES string of the molecule is CCC(CC)C(=O)N1CCc2sccc2C1C(=O)O. The van der Waals surface area contributed by atoms with Crippen LogP contribution in [0.25, 0.3) is 0 Å². The maximum atomic E-state index is 12.5. The van der Waals surface area contributed by atoms with Crippen molar-refractivity contribution in [1.82, 2.24) is 4.90 Å². The second-order valence-corrected chi connectivity index (χ2v) is 5.84. The first-order valence-electron chi connectivity index (χ1n) is 6.69. The van der Waals surface area contributed by atoms with E-state index in [4.69, 9.17) is 0 Å². The molecular weight excluding hydrogens is 262 g/mol. The third-order valence-electron chi connectivity index (χ3n) is 3.82. The number of carboxylic acid groups (broad SMARTS) is 1. The summed E-state index contributed by atoms with van der Waals surface area (Å²) < 4.78 is 0. The largest absolute Gasteiger partial charge is 0.479 e. The Morgan fingerprint density at radius 1 is 1.47 bits per heavy atom. The highest BCUT2D eigenvalue weighted by molar-refractivity contribution is 7.10. The molecule has 0 bridgehead atoms. The molecule has 0 saturated carbocycles. The summed E-state index contributed by atoms with van der Waals surface area (Å²) in [5.41, 5.74) is 0.794. The first-order chi connectivity index (χ1) is 9.10. The van der Waals surface area contributed by atoms with Crippen molar-refractivity contribution in [1.29, 1.82) is 0 Å². The lowest BCUT2D eigenvalue weighted by Crippen LogP contribution is -2.45. The van der Waals surface area contributed by atoms with Gasteiger partial charge in [0, 0.05) is 17.3 Å². The molecule has 2 rings (SSSR count). The predicted molar refractivity (Wildman–Crippen MR) is 74.2 cm³/mol. The molecule has 0 aromatic carbocycles. The third-order valence-corrected chi connectivity index (χ3v) is 4.81. The van der Waals surface area contributed by atoms with Gasteiger partial charge in [-0.1, -0.05) is 13.8 Å². The standard InChI is InChI=1S/C14H19NO3S/c1-3-9(4-2)13(16)15-7-5-11-10(6-8-19-11)12(15)14(17)18/h6,8-9,12H,3-5,7H2,1-2H3,(H,17,18). The second kappa shape index (κ2) is 5.74. The topological polar surface area (TPSA) is 57.6 Å². The minimum absolute atomic E-state index is 0.0192. The highest BCUT2D eigenvalue weighted by atomic mass is 32.1. The lowest BCUT2D eigenvalue weighted by Gasteiger charge is -2.35. The van der Waals surface area contributed by atoms with E-state index in [9.17, 15) is 14.7 Å². The van der Waals surface area contributed by atoms with Crippen molar-refractivity contribution in [2.24, 2.45) is 5.92 Å². The predicted octanol–water partition coefficient (Wildman–Crippen LogP) is 2.69. The molecule has 1 aromatic rings. The number of hydrogen-bond acceptors (Lipinski definition) is 3. The van der Waals surface area contributed by atoms with Crippen LogP contribution in [0.1, 0.15) is 43.2 Å². The summed E-state index contributed by atoms with van der Waals surface area (Å²) in [5.74, 6) is -1.02. The van der Waals surface area contributed by atoms with Gasteiger partial charge in [-0.05, 0) is 36.3 Å². The monoisotopic (exact) mass is 281 g/mol. The maximum Gasteiger partial charge on any atom is 0.331 e. The molecule has 0 spiro atoms. The number of thiophene rings is 1. The summed E-state index contributed by atoms with van der Waals surface area (Å²) in [5, 5.41) is 11.4. The van der Waals surface area contributed by atoms with Crippen molar-refractivity contribution in [3.05, 3.63) is 21.9 Å². The lowest BCUT2D eigenvalue weighted by molar-refractivity contribution is -0.153. The van der Waals surface area contributed by atoms with Crippen molar-refractivity contribution >= 4 is 23.2 Å². The highest BCUT2D eigenvalue weighted by Crippen LogP contribution is 2.34. The summed E-state index contributed by atoms with van der Waals surface area (Å²) in [6.45, 7) is 4.46. The molecule has 1 unspecified atom stereocenters. The van der Waals surface area contributed by atoms with Gasteiger partial charge in [0.2, 0.25) is 5.91 Å². The molecule has 0 fully saturated rings. The Morgan fingerprint density at radius 3 is 2.74 bits per heavy atom. The van der Waals surface area contributed by atoms with Gasteiger partial charge >= 0.3 is 5.97 Å².